The van der Waals surface area contributed by atoms with Crippen LogP contribution in [0.2, 0.25) is 10.6 Å². The molecular weight excluding hydrogens is 255 g/mol. The monoisotopic (exact) mass is 260 g/mol. The van der Waals surface area contributed by atoms with Gasteiger partial charge in [-0.25, -0.2) is 0 Å². The van der Waals surface area contributed by atoms with Gasteiger partial charge in [0.2, 0.25) is 22.4 Å². The van der Waals surface area contributed by atoms with Crippen molar-refractivity contribution < 1.29 is 4.52 Å². The lowest BCUT2D eigenvalue weighted by Gasteiger charge is -2.00. The predicted octanol–water partition coefficient (Wildman–Crippen LogP) is 1.48. The second kappa shape index (κ2) is 4.58. The second-order valence-electron chi connectivity index (χ2n) is 2.79. The van der Waals surface area contributed by atoms with E-state index in [2.05, 4.69) is 30.4 Å². The zero-order valence-corrected chi connectivity index (χ0v) is 9.62. The minimum Gasteiger partial charge on any atom is -0.345 e. The topological polar surface area (TPSA) is 89.6 Å². The van der Waals surface area contributed by atoms with Crippen molar-refractivity contribution in [1.29, 1.82) is 0 Å². The van der Waals surface area contributed by atoms with Crippen LogP contribution in [0.15, 0.2) is 4.52 Å². The molecule has 16 heavy (non-hydrogen) atoms. The first kappa shape index (κ1) is 11.0. The van der Waals surface area contributed by atoms with E-state index in [1.807, 2.05) is 0 Å². The van der Waals surface area contributed by atoms with Crippen LogP contribution in [-0.4, -0.2) is 25.1 Å². The van der Waals surface area contributed by atoms with Gasteiger partial charge in [0.25, 0.3) is 0 Å². The van der Waals surface area contributed by atoms with Gasteiger partial charge >= 0.3 is 0 Å². The Morgan fingerprint density at radius 3 is 2.38 bits per heavy atom. The van der Waals surface area contributed by atoms with Crippen molar-refractivity contribution in [2.24, 2.45) is 0 Å². The van der Waals surface area contributed by atoms with E-state index in [0.717, 1.165) is 0 Å². The number of hydrogen-bond donors (Lipinski definition) is 1. The van der Waals surface area contributed by atoms with Gasteiger partial charge in [-0.15, -0.1) is 0 Å². The molecule has 2 rings (SSSR count). The third-order valence-electron chi connectivity index (χ3n) is 1.55. The molecule has 0 aliphatic carbocycles. The number of aromatic nitrogens is 5. The quantitative estimate of drug-likeness (QED) is 0.894. The van der Waals surface area contributed by atoms with Crippen LogP contribution in [0.5, 0.6) is 0 Å². The molecule has 0 unspecified atom stereocenters. The SMILES string of the molecule is Cc1noc(CNc2nc(Cl)nc(Cl)n2)n1. The summed E-state index contributed by atoms with van der Waals surface area (Å²) >= 11 is 11.2. The molecule has 0 bridgehead atoms. The summed E-state index contributed by atoms with van der Waals surface area (Å²) in [4.78, 5) is 15.2. The number of nitrogens with zero attached hydrogens (tertiary/aromatic N) is 5. The predicted molar refractivity (Wildman–Crippen MR) is 56.2 cm³/mol. The zero-order valence-electron chi connectivity index (χ0n) is 8.11. The first-order valence-electron chi connectivity index (χ1n) is 4.23. The van der Waals surface area contributed by atoms with Crippen LogP contribution in [0, 0.1) is 6.92 Å². The number of aryl methyl sites for hydroxylation is 1. The first-order chi connectivity index (χ1) is 7.63. The fraction of sp³-hybridized carbons (Fsp3) is 0.286. The minimum absolute atomic E-state index is 0.0178. The van der Waals surface area contributed by atoms with Crippen LogP contribution < -0.4 is 5.32 Å². The molecule has 0 saturated carbocycles. The highest BCUT2D eigenvalue weighted by atomic mass is 35.5. The summed E-state index contributed by atoms with van der Waals surface area (Å²) in [7, 11) is 0. The molecule has 0 spiro atoms. The van der Waals surface area contributed by atoms with Gasteiger partial charge < -0.3 is 9.84 Å². The van der Waals surface area contributed by atoms with E-state index in [1.165, 1.54) is 0 Å². The summed E-state index contributed by atoms with van der Waals surface area (Å²) in [6.45, 7) is 2.02. The molecule has 0 aliphatic heterocycles. The highest BCUT2D eigenvalue weighted by Crippen LogP contribution is 2.10. The first-order valence-corrected chi connectivity index (χ1v) is 4.99. The maximum atomic E-state index is 5.60. The Morgan fingerprint density at radius 2 is 1.81 bits per heavy atom. The molecule has 0 fully saturated rings. The fourth-order valence-corrected chi connectivity index (χ4v) is 1.33. The molecule has 2 aromatic heterocycles. The average Bonchev–Trinajstić information content (AvgIpc) is 2.60. The molecular formula is C7H6Cl2N6O. The highest BCUT2D eigenvalue weighted by Gasteiger charge is 2.05. The van der Waals surface area contributed by atoms with Gasteiger partial charge in [-0.05, 0) is 30.1 Å². The largest absolute Gasteiger partial charge is 0.345 e. The molecule has 0 aromatic carbocycles. The maximum Gasteiger partial charge on any atom is 0.246 e. The molecule has 9 heteroatoms. The lowest BCUT2D eigenvalue weighted by atomic mass is 10.6. The van der Waals surface area contributed by atoms with Gasteiger partial charge in [-0.3, -0.25) is 0 Å². The van der Waals surface area contributed by atoms with Crippen LogP contribution in [0.4, 0.5) is 5.95 Å². The summed E-state index contributed by atoms with van der Waals surface area (Å²) in [5, 5.41) is 6.50. The molecule has 0 saturated heterocycles. The summed E-state index contributed by atoms with van der Waals surface area (Å²) in [5.74, 6) is 1.23. The van der Waals surface area contributed by atoms with E-state index in [1.54, 1.807) is 6.92 Å². The summed E-state index contributed by atoms with van der Waals surface area (Å²) in [5.41, 5.74) is 0. The van der Waals surface area contributed by atoms with Crippen LogP contribution >= 0.6 is 23.2 Å². The Kier molecular flexibility index (Phi) is 3.16. The number of nitrogens with one attached hydrogen (secondary N) is 1. The number of anilines is 1. The number of rotatable bonds is 3. The molecule has 0 atom stereocenters. The van der Waals surface area contributed by atoms with E-state index in [4.69, 9.17) is 27.7 Å². The maximum absolute atomic E-state index is 5.60. The van der Waals surface area contributed by atoms with Crippen LogP contribution in [0.25, 0.3) is 0 Å². The lowest BCUT2D eigenvalue weighted by molar-refractivity contribution is 0.379. The van der Waals surface area contributed by atoms with E-state index in [0.29, 0.717) is 11.7 Å². The van der Waals surface area contributed by atoms with Crippen molar-refractivity contribution in [3.05, 3.63) is 22.3 Å². The summed E-state index contributed by atoms with van der Waals surface area (Å²) < 4.78 is 4.89. The third-order valence-corrected chi connectivity index (χ3v) is 1.89. The normalized spacial score (nSPS) is 10.4. The van der Waals surface area contributed by atoms with Gasteiger partial charge in [-0.2, -0.15) is 19.9 Å². The Balaban J connectivity index is 2.04. The van der Waals surface area contributed by atoms with E-state index >= 15 is 0 Å². The fourth-order valence-electron chi connectivity index (χ4n) is 0.971. The number of hydrogen-bond acceptors (Lipinski definition) is 7. The zero-order chi connectivity index (χ0) is 11.5. The van der Waals surface area contributed by atoms with Gasteiger partial charge in [0, 0.05) is 0 Å². The van der Waals surface area contributed by atoms with Crippen molar-refractivity contribution in [2.75, 3.05) is 5.32 Å². The third kappa shape index (κ3) is 2.77. The van der Waals surface area contributed by atoms with Gasteiger partial charge in [0.15, 0.2) is 5.82 Å². The lowest BCUT2D eigenvalue weighted by Crippen LogP contribution is -2.05. The average molecular weight is 261 g/mol. The van der Waals surface area contributed by atoms with Crippen molar-refractivity contribution in [3.63, 3.8) is 0 Å². The van der Waals surface area contributed by atoms with Crippen LogP contribution in [0.1, 0.15) is 11.7 Å². The molecule has 0 aliphatic rings. The Labute approximate surface area is 100 Å². The van der Waals surface area contributed by atoms with E-state index < -0.39 is 0 Å². The second-order valence-corrected chi connectivity index (χ2v) is 3.46. The highest BCUT2D eigenvalue weighted by molar-refractivity contribution is 6.31. The van der Waals surface area contributed by atoms with Crippen molar-refractivity contribution in [2.45, 2.75) is 13.5 Å². The molecule has 2 aromatic rings. The van der Waals surface area contributed by atoms with Crippen molar-refractivity contribution in [3.8, 4) is 0 Å². The summed E-state index contributed by atoms with van der Waals surface area (Å²) in [6, 6.07) is 0. The smallest absolute Gasteiger partial charge is 0.246 e. The van der Waals surface area contributed by atoms with Crippen LogP contribution in [-0.2, 0) is 6.54 Å². The van der Waals surface area contributed by atoms with Gasteiger partial charge in [0.1, 0.15) is 0 Å². The van der Waals surface area contributed by atoms with Gasteiger partial charge in [0.05, 0.1) is 6.54 Å². The van der Waals surface area contributed by atoms with E-state index in [-0.39, 0.29) is 23.1 Å². The summed E-state index contributed by atoms with van der Waals surface area (Å²) in [6.07, 6.45) is 0. The molecule has 7 nitrogen and oxygen atoms in total. The standard InChI is InChI=1S/C7H6Cl2N6O/c1-3-11-4(16-15-3)2-10-7-13-5(8)12-6(9)14-7/h2H2,1H3,(H,10,12,13,14). The minimum atomic E-state index is 0.0178. The molecule has 0 radical (unpaired) electrons. The molecule has 84 valence electrons. The van der Waals surface area contributed by atoms with Crippen LogP contribution in [0.3, 0.4) is 0 Å². The molecule has 2 heterocycles. The van der Waals surface area contributed by atoms with Crippen molar-refractivity contribution in [1.82, 2.24) is 25.1 Å². The Bertz CT molecular complexity index is 481. The number of halogens is 2. The van der Waals surface area contributed by atoms with Gasteiger partial charge in [-0.1, -0.05) is 5.16 Å². The molecule has 1 N–H and O–H groups in total. The van der Waals surface area contributed by atoms with E-state index in [9.17, 15) is 0 Å². The Hall–Kier alpha value is -1.47. The van der Waals surface area contributed by atoms with Crippen molar-refractivity contribution >= 4 is 29.2 Å². The molecule has 0 amide bonds. The Morgan fingerprint density at radius 1 is 1.12 bits per heavy atom.